The van der Waals surface area contributed by atoms with Crippen molar-refractivity contribution >= 4 is 49.4 Å². The maximum Gasteiger partial charge on any atom is 0.0550 e. The Hall–Kier alpha value is -6.12. The molecule has 8 aromatic rings. The predicted octanol–water partition coefficient (Wildman–Crippen LogP) is 13.4. The molecule has 2 aliphatic carbocycles. The molecular weight excluding hydrogens is 629 g/mol. The third kappa shape index (κ3) is 4.93. The number of nitrogens with one attached hydrogen (secondary N) is 1. The first-order chi connectivity index (χ1) is 25.7. The van der Waals surface area contributed by atoms with Gasteiger partial charge in [0.25, 0.3) is 0 Å². The molecule has 0 saturated heterocycles. The zero-order valence-corrected chi connectivity index (χ0v) is 29.7. The van der Waals surface area contributed by atoms with Crippen LogP contribution in [0.25, 0.3) is 71.7 Å². The van der Waals surface area contributed by atoms with Crippen molar-refractivity contribution < 1.29 is 0 Å². The van der Waals surface area contributed by atoms with Gasteiger partial charge < -0.3 is 9.88 Å². The summed E-state index contributed by atoms with van der Waals surface area (Å²) < 4.78 is 2.55. The molecule has 0 atom stereocenters. The number of hydrogen-bond donors (Lipinski definition) is 1. The van der Waals surface area contributed by atoms with E-state index in [4.69, 9.17) is 0 Å². The molecule has 10 rings (SSSR count). The molecule has 1 N–H and O–H groups in total. The molecule has 0 radical (unpaired) electrons. The second-order valence-electron chi connectivity index (χ2n) is 14.4. The first kappa shape index (κ1) is 30.7. The lowest BCUT2D eigenvalue weighted by Gasteiger charge is -2.16. The van der Waals surface area contributed by atoms with E-state index in [0.29, 0.717) is 5.92 Å². The van der Waals surface area contributed by atoms with Crippen LogP contribution < -0.4 is 5.32 Å². The predicted molar refractivity (Wildman–Crippen MR) is 222 cm³/mol. The van der Waals surface area contributed by atoms with Crippen LogP contribution in [0.3, 0.4) is 0 Å². The van der Waals surface area contributed by atoms with E-state index in [0.717, 1.165) is 12.1 Å². The summed E-state index contributed by atoms with van der Waals surface area (Å²) in [4.78, 5) is 0. The number of benzene rings is 7. The van der Waals surface area contributed by atoms with E-state index in [-0.39, 0.29) is 0 Å². The van der Waals surface area contributed by atoms with Crippen molar-refractivity contribution in [3.05, 3.63) is 180 Å². The van der Waals surface area contributed by atoms with Gasteiger partial charge in [-0.05, 0) is 123 Å². The second kappa shape index (κ2) is 12.3. The van der Waals surface area contributed by atoms with Gasteiger partial charge in [-0.2, -0.15) is 0 Å². The topological polar surface area (TPSA) is 17.0 Å². The third-order valence-corrected chi connectivity index (χ3v) is 11.3. The molecule has 52 heavy (non-hydrogen) atoms. The molecule has 2 nitrogen and oxygen atoms in total. The number of nitrogens with zero attached hydrogens (tertiary/aromatic N) is 1. The first-order valence-electron chi connectivity index (χ1n) is 18.6. The highest BCUT2D eigenvalue weighted by Gasteiger charge is 2.29. The molecule has 1 fully saturated rings. The molecule has 0 unspecified atom stereocenters. The Bertz CT molecular complexity index is 2750. The van der Waals surface area contributed by atoms with Crippen LogP contribution in [0, 0.1) is 6.92 Å². The smallest absolute Gasteiger partial charge is 0.0550 e. The number of rotatable bonds is 7. The highest BCUT2D eigenvalue weighted by atomic mass is 15.0. The van der Waals surface area contributed by atoms with Gasteiger partial charge in [-0.15, -0.1) is 0 Å². The molecule has 2 aliphatic rings. The molecule has 1 saturated carbocycles. The molecule has 7 aromatic carbocycles. The Morgan fingerprint density at radius 2 is 1.27 bits per heavy atom. The summed E-state index contributed by atoms with van der Waals surface area (Å²) >= 11 is 0. The van der Waals surface area contributed by atoms with Gasteiger partial charge in [0.15, 0.2) is 0 Å². The van der Waals surface area contributed by atoms with Crippen LogP contribution in [0.2, 0.25) is 0 Å². The van der Waals surface area contributed by atoms with E-state index in [9.17, 15) is 0 Å². The SMILES string of the molecule is CNc1ccccc1C1=CCC=C1c1ccc2c3c4cccc(-c5ccccc5C)c4c(C4CC4)cc3n(-c3cccc(-c4ccccc4)c3)c2c1. The van der Waals surface area contributed by atoms with Crippen LogP contribution in [0.15, 0.2) is 158 Å². The summed E-state index contributed by atoms with van der Waals surface area (Å²) in [6.07, 6.45) is 8.18. The zero-order valence-electron chi connectivity index (χ0n) is 29.7. The maximum atomic E-state index is 3.43. The number of aromatic nitrogens is 1. The van der Waals surface area contributed by atoms with Crippen LogP contribution in [0.1, 0.15) is 47.4 Å². The number of aryl methyl sites for hydroxylation is 1. The molecule has 0 spiro atoms. The lowest BCUT2D eigenvalue weighted by molar-refractivity contribution is 1.14. The van der Waals surface area contributed by atoms with E-state index < -0.39 is 0 Å². The summed E-state index contributed by atoms with van der Waals surface area (Å²) in [5, 5.41) is 8.81. The Morgan fingerprint density at radius 1 is 0.538 bits per heavy atom. The summed E-state index contributed by atoms with van der Waals surface area (Å²) in [5.41, 5.74) is 17.9. The van der Waals surface area contributed by atoms with Crippen molar-refractivity contribution in [1.82, 2.24) is 4.57 Å². The molecule has 0 bridgehead atoms. The zero-order chi connectivity index (χ0) is 34.8. The van der Waals surface area contributed by atoms with Gasteiger partial charge in [0.2, 0.25) is 0 Å². The quantitative estimate of drug-likeness (QED) is 0.179. The Kier molecular flexibility index (Phi) is 7.25. The second-order valence-corrected chi connectivity index (χ2v) is 14.4. The van der Waals surface area contributed by atoms with Crippen LogP contribution >= 0.6 is 0 Å². The minimum atomic E-state index is 0.582. The fourth-order valence-electron chi connectivity index (χ4n) is 8.71. The number of para-hydroxylation sites is 1. The van der Waals surface area contributed by atoms with E-state index in [1.807, 2.05) is 7.05 Å². The van der Waals surface area contributed by atoms with Crippen molar-refractivity contribution in [2.45, 2.75) is 32.1 Å². The van der Waals surface area contributed by atoms with E-state index in [2.05, 4.69) is 175 Å². The lowest BCUT2D eigenvalue weighted by atomic mass is 9.88. The third-order valence-electron chi connectivity index (χ3n) is 11.3. The standard InChI is InChI=1S/C50H40N2/c1-32-13-6-7-18-38(32)42-22-12-23-44-49(42)45(34-25-26-34)31-48-50(44)43-28-27-36(39-20-11-21-40(39)41-19-8-9-24-46(41)51-2)30-47(43)52(48)37-17-10-16-35(29-37)33-14-4-3-5-15-33/h3-10,12-24,27-31,34,51H,11,25-26H2,1-2H3. The van der Waals surface area contributed by atoms with Gasteiger partial charge in [-0.25, -0.2) is 0 Å². The Labute approximate surface area is 305 Å². The molecule has 0 amide bonds. The van der Waals surface area contributed by atoms with Gasteiger partial charge in [-0.3, -0.25) is 0 Å². The van der Waals surface area contributed by atoms with Crippen molar-refractivity contribution in [2.75, 3.05) is 12.4 Å². The number of hydrogen-bond acceptors (Lipinski definition) is 1. The maximum absolute atomic E-state index is 3.43. The van der Waals surface area contributed by atoms with Crippen LogP contribution in [-0.4, -0.2) is 11.6 Å². The van der Waals surface area contributed by atoms with Crippen molar-refractivity contribution in [3.63, 3.8) is 0 Å². The highest BCUT2D eigenvalue weighted by Crippen LogP contribution is 2.50. The first-order valence-corrected chi connectivity index (χ1v) is 18.6. The van der Waals surface area contributed by atoms with Crippen LogP contribution in [-0.2, 0) is 0 Å². The van der Waals surface area contributed by atoms with Gasteiger partial charge in [0, 0.05) is 34.8 Å². The minimum absolute atomic E-state index is 0.582. The fourth-order valence-corrected chi connectivity index (χ4v) is 8.71. The Balaban J connectivity index is 1.28. The summed E-state index contributed by atoms with van der Waals surface area (Å²) in [7, 11) is 2.01. The van der Waals surface area contributed by atoms with E-state index >= 15 is 0 Å². The minimum Gasteiger partial charge on any atom is -0.388 e. The molecule has 0 aliphatic heterocycles. The molecular formula is C50H40N2. The van der Waals surface area contributed by atoms with Crippen molar-refractivity contribution in [2.24, 2.45) is 0 Å². The summed E-state index contributed by atoms with van der Waals surface area (Å²) in [6.45, 7) is 2.24. The van der Waals surface area contributed by atoms with Crippen LogP contribution in [0.5, 0.6) is 0 Å². The molecule has 2 heteroatoms. The van der Waals surface area contributed by atoms with E-state index in [1.54, 1.807) is 0 Å². The Morgan fingerprint density at radius 3 is 2.10 bits per heavy atom. The summed E-state index contributed by atoms with van der Waals surface area (Å²) in [5.74, 6) is 0.582. The average Bonchev–Trinajstić information content (AvgIpc) is 3.83. The number of allylic oxidation sites excluding steroid dienone is 4. The van der Waals surface area contributed by atoms with Crippen molar-refractivity contribution in [3.8, 4) is 27.9 Å². The molecule has 1 aromatic heterocycles. The van der Waals surface area contributed by atoms with Crippen molar-refractivity contribution in [1.29, 1.82) is 0 Å². The van der Waals surface area contributed by atoms with Crippen LogP contribution in [0.4, 0.5) is 5.69 Å². The number of fused-ring (bicyclic) bond motifs is 5. The van der Waals surface area contributed by atoms with Gasteiger partial charge >= 0.3 is 0 Å². The largest absolute Gasteiger partial charge is 0.388 e. The molecule has 250 valence electrons. The summed E-state index contributed by atoms with van der Waals surface area (Å²) in [6, 6.07) is 54.1. The van der Waals surface area contributed by atoms with Gasteiger partial charge in [0.05, 0.1) is 11.0 Å². The van der Waals surface area contributed by atoms with Gasteiger partial charge in [0.1, 0.15) is 0 Å². The van der Waals surface area contributed by atoms with E-state index in [1.165, 1.54) is 107 Å². The highest BCUT2D eigenvalue weighted by molar-refractivity contribution is 6.25. The average molecular weight is 669 g/mol. The normalized spacial score (nSPS) is 14.3. The lowest BCUT2D eigenvalue weighted by Crippen LogP contribution is -1.98. The fraction of sp³-hybridized carbons (Fsp3) is 0.120. The monoisotopic (exact) mass is 668 g/mol. The molecule has 1 heterocycles. The number of anilines is 1. The van der Waals surface area contributed by atoms with Gasteiger partial charge in [-0.1, -0.05) is 127 Å².